The Morgan fingerprint density at radius 2 is 2.29 bits per heavy atom. The number of aryl methyl sites for hydroxylation is 1. The highest BCUT2D eigenvalue weighted by Gasteiger charge is 2.17. The zero-order valence-corrected chi connectivity index (χ0v) is 12.8. The van der Waals surface area contributed by atoms with Gasteiger partial charge in [0, 0.05) is 25.7 Å². The summed E-state index contributed by atoms with van der Waals surface area (Å²) in [4.78, 5) is 21.7. The molecule has 3 aromatic rings. The van der Waals surface area contributed by atoms with Crippen molar-refractivity contribution in [2.75, 3.05) is 17.7 Å². The smallest absolute Gasteiger partial charge is 0.258 e. The van der Waals surface area contributed by atoms with E-state index in [9.17, 15) is 4.79 Å². The van der Waals surface area contributed by atoms with Crippen LogP contribution in [-0.2, 0) is 7.05 Å². The van der Waals surface area contributed by atoms with Crippen molar-refractivity contribution in [3.05, 3.63) is 28.5 Å². The molecule has 0 bridgehead atoms. The SMILES string of the molecule is CNc1cnc2scc(C(=O)Nc3cn(C)nc3Cl)c2n1. The number of nitrogens with zero attached hydrogens (tertiary/aromatic N) is 4. The molecular formula is C12H11ClN6OS. The van der Waals surface area contributed by atoms with Gasteiger partial charge in [-0.2, -0.15) is 5.10 Å². The largest absolute Gasteiger partial charge is 0.372 e. The summed E-state index contributed by atoms with van der Waals surface area (Å²) < 4.78 is 1.53. The first kappa shape index (κ1) is 13.8. The molecule has 3 aromatic heterocycles. The normalized spacial score (nSPS) is 10.8. The van der Waals surface area contributed by atoms with Crippen LogP contribution in [0.15, 0.2) is 17.8 Å². The van der Waals surface area contributed by atoms with Crippen LogP contribution >= 0.6 is 22.9 Å². The van der Waals surface area contributed by atoms with Gasteiger partial charge in [-0.05, 0) is 0 Å². The predicted molar refractivity (Wildman–Crippen MR) is 83.1 cm³/mol. The van der Waals surface area contributed by atoms with E-state index in [-0.39, 0.29) is 11.1 Å². The molecule has 21 heavy (non-hydrogen) atoms. The topological polar surface area (TPSA) is 84.7 Å². The van der Waals surface area contributed by atoms with Crippen LogP contribution in [0, 0.1) is 0 Å². The van der Waals surface area contributed by atoms with Gasteiger partial charge < -0.3 is 10.6 Å². The highest BCUT2D eigenvalue weighted by molar-refractivity contribution is 7.17. The van der Waals surface area contributed by atoms with Gasteiger partial charge in [-0.1, -0.05) is 11.6 Å². The Balaban J connectivity index is 1.96. The predicted octanol–water partition coefficient (Wildman–Crippen LogP) is 2.37. The van der Waals surface area contributed by atoms with Crippen molar-refractivity contribution in [2.45, 2.75) is 0 Å². The summed E-state index contributed by atoms with van der Waals surface area (Å²) in [6, 6.07) is 0. The van der Waals surface area contributed by atoms with E-state index in [0.29, 0.717) is 27.4 Å². The highest BCUT2D eigenvalue weighted by Crippen LogP contribution is 2.26. The summed E-state index contributed by atoms with van der Waals surface area (Å²) >= 11 is 7.30. The average molecular weight is 323 g/mol. The van der Waals surface area contributed by atoms with Crippen molar-refractivity contribution < 1.29 is 4.79 Å². The Bertz CT molecular complexity index is 826. The van der Waals surface area contributed by atoms with Gasteiger partial charge in [0.2, 0.25) is 0 Å². The lowest BCUT2D eigenvalue weighted by Crippen LogP contribution is -2.11. The van der Waals surface area contributed by atoms with Gasteiger partial charge in [-0.15, -0.1) is 11.3 Å². The van der Waals surface area contributed by atoms with E-state index < -0.39 is 0 Å². The number of thiophene rings is 1. The molecule has 0 aliphatic rings. The number of carbonyl (C=O) groups excluding carboxylic acids is 1. The molecule has 3 rings (SSSR count). The Morgan fingerprint density at radius 1 is 1.48 bits per heavy atom. The maximum atomic E-state index is 12.4. The Labute approximate surface area is 129 Å². The molecule has 0 aliphatic carbocycles. The van der Waals surface area contributed by atoms with Crippen LogP contribution in [-0.4, -0.2) is 32.7 Å². The first-order valence-corrected chi connectivity index (χ1v) is 7.26. The quantitative estimate of drug-likeness (QED) is 0.773. The van der Waals surface area contributed by atoms with Gasteiger partial charge >= 0.3 is 0 Å². The summed E-state index contributed by atoms with van der Waals surface area (Å²) in [5.74, 6) is 0.313. The molecule has 0 saturated carbocycles. The third-order valence-electron chi connectivity index (χ3n) is 2.82. The van der Waals surface area contributed by atoms with Crippen LogP contribution in [0.3, 0.4) is 0 Å². The average Bonchev–Trinajstić information content (AvgIpc) is 3.01. The number of fused-ring (bicyclic) bond motifs is 1. The van der Waals surface area contributed by atoms with E-state index in [1.165, 1.54) is 16.0 Å². The number of anilines is 2. The van der Waals surface area contributed by atoms with Crippen molar-refractivity contribution in [3.8, 4) is 0 Å². The number of halogens is 1. The third-order valence-corrected chi connectivity index (χ3v) is 3.97. The van der Waals surface area contributed by atoms with Crippen molar-refractivity contribution in [1.82, 2.24) is 19.7 Å². The molecule has 9 heteroatoms. The van der Waals surface area contributed by atoms with Crippen molar-refractivity contribution in [1.29, 1.82) is 0 Å². The van der Waals surface area contributed by atoms with E-state index >= 15 is 0 Å². The van der Waals surface area contributed by atoms with Gasteiger partial charge in [0.1, 0.15) is 16.2 Å². The second-order valence-corrected chi connectivity index (χ2v) is 5.49. The van der Waals surface area contributed by atoms with Crippen molar-refractivity contribution in [3.63, 3.8) is 0 Å². The number of hydrogen-bond donors (Lipinski definition) is 2. The monoisotopic (exact) mass is 322 g/mol. The van der Waals surface area contributed by atoms with Crippen LogP contribution < -0.4 is 10.6 Å². The fraction of sp³-hybridized carbons (Fsp3) is 0.167. The Morgan fingerprint density at radius 3 is 2.95 bits per heavy atom. The number of nitrogens with one attached hydrogen (secondary N) is 2. The molecule has 0 fully saturated rings. The third kappa shape index (κ3) is 2.55. The van der Waals surface area contributed by atoms with Crippen LogP contribution in [0.2, 0.25) is 5.15 Å². The minimum absolute atomic E-state index is 0.243. The van der Waals surface area contributed by atoms with Crippen LogP contribution in [0.5, 0.6) is 0 Å². The number of aromatic nitrogens is 4. The fourth-order valence-electron chi connectivity index (χ4n) is 1.83. The molecule has 0 atom stereocenters. The summed E-state index contributed by atoms with van der Waals surface area (Å²) in [5, 5.41) is 11.6. The minimum Gasteiger partial charge on any atom is -0.372 e. The summed E-state index contributed by atoms with van der Waals surface area (Å²) in [7, 11) is 3.48. The lowest BCUT2D eigenvalue weighted by molar-refractivity contribution is 0.102. The van der Waals surface area contributed by atoms with Crippen LogP contribution in [0.25, 0.3) is 10.3 Å². The molecule has 0 radical (unpaired) electrons. The lowest BCUT2D eigenvalue weighted by Gasteiger charge is -2.02. The van der Waals surface area contributed by atoms with Gasteiger partial charge in [-0.3, -0.25) is 9.48 Å². The van der Waals surface area contributed by atoms with E-state index in [1.807, 2.05) is 0 Å². The maximum Gasteiger partial charge on any atom is 0.258 e. The second-order valence-electron chi connectivity index (χ2n) is 4.27. The Hall–Kier alpha value is -2.19. The van der Waals surface area contributed by atoms with Gasteiger partial charge in [-0.25, -0.2) is 9.97 Å². The molecule has 0 saturated heterocycles. The summed E-state index contributed by atoms with van der Waals surface area (Å²) in [6.07, 6.45) is 3.26. The number of hydrogen-bond acceptors (Lipinski definition) is 6. The summed E-state index contributed by atoms with van der Waals surface area (Å²) in [6.45, 7) is 0. The molecule has 7 nitrogen and oxygen atoms in total. The zero-order chi connectivity index (χ0) is 15.0. The first-order chi connectivity index (χ1) is 10.1. The maximum absolute atomic E-state index is 12.4. The first-order valence-electron chi connectivity index (χ1n) is 6.01. The van der Waals surface area contributed by atoms with Crippen LogP contribution in [0.1, 0.15) is 10.4 Å². The second kappa shape index (κ2) is 5.30. The zero-order valence-electron chi connectivity index (χ0n) is 11.2. The number of rotatable bonds is 3. The lowest BCUT2D eigenvalue weighted by atomic mass is 10.3. The van der Waals surface area contributed by atoms with Gasteiger partial charge in [0.25, 0.3) is 5.91 Å². The van der Waals surface area contributed by atoms with Gasteiger partial charge in [0.15, 0.2) is 5.15 Å². The van der Waals surface area contributed by atoms with Crippen LogP contribution in [0.4, 0.5) is 11.5 Å². The fourth-order valence-corrected chi connectivity index (χ4v) is 2.87. The number of amides is 1. The van der Waals surface area contributed by atoms with E-state index in [2.05, 4.69) is 25.7 Å². The standard InChI is InChI=1S/C12H11ClN6OS/c1-14-8-3-15-12-9(17-8)6(5-21-12)11(20)16-7-4-19(2)18-10(7)13/h3-5H,1-2H3,(H,14,17)(H,16,20). The molecule has 0 aliphatic heterocycles. The molecule has 0 aromatic carbocycles. The molecule has 0 spiro atoms. The minimum atomic E-state index is -0.293. The van der Waals surface area contributed by atoms with E-state index in [4.69, 9.17) is 11.6 Å². The summed E-state index contributed by atoms with van der Waals surface area (Å²) in [5.41, 5.74) is 1.48. The Kier molecular flexibility index (Phi) is 3.48. The molecular weight excluding hydrogens is 312 g/mol. The van der Waals surface area contributed by atoms with E-state index in [1.54, 1.807) is 31.9 Å². The molecule has 108 valence electrons. The van der Waals surface area contributed by atoms with Crippen molar-refractivity contribution >= 4 is 50.7 Å². The molecule has 1 amide bonds. The van der Waals surface area contributed by atoms with Gasteiger partial charge in [0.05, 0.1) is 17.4 Å². The van der Waals surface area contributed by atoms with Crippen molar-refractivity contribution in [2.24, 2.45) is 7.05 Å². The highest BCUT2D eigenvalue weighted by atomic mass is 35.5. The molecule has 3 heterocycles. The van der Waals surface area contributed by atoms with E-state index in [0.717, 1.165) is 0 Å². The molecule has 0 unspecified atom stereocenters. The number of carbonyl (C=O) groups is 1. The molecule has 2 N–H and O–H groups in total.